The van der Waals surface area contributed by atoms with Gasteiger partial charge in [0, 0.05) is 17.1 Å². The van der Waals surface area contributed by atoms with E-state index in [-0.39, 0.29) is 17.5 Å². The lowest BCUT2D eigenvalue weighted by atomic mass is 10.2. The number of aromatic amines is 1. The maximum absolute atomic E-state index is 10.6. The molecule has 0 aliphatic rings. The number of furan rings is 1. The fraction of sp³-hybridized carbons (Fsp3) is 0. The zero-order chi connectivity index (χ0) is 15.1. The van der Waals surface area contributed by atoms with Gasteiger partial charge in [0.15, 0.2) is 5.76 Å². The van der Waals surface area contributed by atoms with Crippen LogP contribution >= 0.6 is 0 Å². The summed E-state index contributed by atoms with van der Waals surface area (Å²) in [6.07, 6.45) is 1.77. The Balaban J connectivity index is 1.76. The summed E-state index contributed by atoms with van der Waals surface area (Å²) in [5.41, 5.74) is 1.71. The van der Waals surface area contributed by atoms with Crippen molar-refractivity contribution in [2.75, 3.05) is 0 Å². The van der Waals surface area contributed by atoms with Crippen LogP contribution in [-0.4, -0.2) is 20.0 Å². The number of benzene rings is 1. The summed E-state index contributed by atoms with van der Waals surface area (Å²) < 4.78 is 10.3. The molecule has 0 bridgehead atoms. The van der Waals surface area contributed by atoms with Crippen molar-refractivity contribution in [3.8, 4) is 23.0 Å². The van der Waals surface area contributed by atoms with Crippen LogP contribution < -0.4 is 0 Å². The summed E-state index contributed by atoms with van der Waals surface area (Å²) in [6.45, 7) is 0. The van der Waals surface area contributed by atoms with Gasteiger partial charge in [-0.25, -0.2) is 0 Å². The number of aromatic nitrogens is 3. The number of hydrogen-bond acceptors (Lipinski definition) is 6. The maximum atomic E-state index is 10.6. The summed E-state index contributed by atoms with van der Waals surface area (Å²) in [7, 11) is 0. The number of nitro groups is 1. The molecule has 4 aromatic rings. The van der Waals surface area contributed by atoms with E-state index in [1.54, 1.807) is 6.20 Å². The molecule has 0 fully saturated rings. The standard InChI is InChI=1S/C14H8N4O4/c19-18(20)12-6-5-11(21-12)13-16-14(22-17-13)9-7-15-10-4-2-1-3-8(9)10/h1-7,15H. The summed E-state index contributed by atoms with van der Waals surface area (Å²) in [6, 6.07) is 10.4. The first-order chi connectivity index (χ1) is 10.7. The van der Waals surface area contributed by atoms with Crippen molar-refractivity contribution < 1.29 is 13.9 Å². The smallest absolute Gasteiger partial charge is 0.397 e. The van der Waals surface area contributed by atoms with E-state index >= 15 is 0 Å². The van der Waals surface area contributed by atoms with Gasteiger partial charge in [-0.2, -0.15) is 4.98 Å². The molecule has 0 saturated carbocycles. The predicted molar refractivity (Wildman–Crippen MR) is 75.9 cm³/mol. The first kappa shape index (κ1) is 12.3. The molecule has 108 valence electrons. The Labute approximate surface area is 122 Å². The molecule has 0 unspecified atom stereocenters. The molecular weight excluding hydrogens is 288 g/mol. The zero-order valence-electron chi connectivity index (χ0n) is 11.0. The topological polar surface area (TPSA) is 111 Å². The van der Waals surface area contributed by atoms with Crippen molar-refractivity contribution >= 4 is 16.8 Å². The van der Waals surface area contributed by atoms with Crippen molar-refractivity contribution in [3.05, 3.63) is 52.7 Å². The minimum atomic E-state index is -0.621. The van der Waals surface area contributed by atoms with Crippen LogP contribution in [0.4, 0.5) is 5.88 Å². The molecule has 1 N–H and O–H groups in total. The molecule has 0 atom stereocenters. The summed E-state index contributed by atoms with van der Waals surface area (Å²) in [4.78, 5) is 17.4. The van der Waals surface area contributed by atoms with Gasteiger partial charge in [0.2, 0.25) is 5.82 Å². The van der Waals surface area contributed by atoms with Crippen LogP contribution in [0.3, 0.4) is 0 Å². The first-order valence-corrected chi connectivity index (χ1v) is 6.37. The van der Waals surface area contributed by atoms with Crippen LogP contribution in [0, 0.1) is 10.1 Å². The lowest BCUT2D eigenvalue weighted by Crippen LogP contribution is -1.83. The molecule has 0 aliphatic carbocycles. The molecule has 0 spiro atoms. The number of fused-ring (bicyclic) bond motifs is 1. The minimum absolute atomic E-state index is 0.161. The van der Waals surface area contributed by atoms with Crippen LogP contribution in [0.5, 0.6) is 0 Å². The monoisotopic (exact) mass is 296 g/mol. The van der Waals surface area contributed by atoms with Gasteiger partial charge in [0.05, 0.1) is 11.6 Å². The van der Waals surface area contributed by atoms with Crippen LogP contribution in [0.25, 0.3) is 33.9 Å². The Morgan fingerprint density at radius 2 is 2.05 bits per heavy atom. The molecule has 1 aromatic carbocycles. The predicted octanol–water partition coefficient (Wildman–Crippen LogP) is 3.39. The highest BCUT2D eigenvalue weighted by molar-refractivity contribution is 5.93. The Hall–Kier alpha value is -3.42. The van der Waals surface area contributed by atoms with Gasteiger partial charge in [0.1, 0.15) is 4.92 Å². The van der Waals surface area contributed by atoms with Crippen molar-refractivity contribution in [2.45, 2.75) is 0 Å². The SMILES string of the molecule is O=[N+]([O-])c1ccc(-c2noc(-c3c[nH]c4ccccc34)n2)o1. The number of nitrogens with zero attached hydrogens (tertiary/aromatic N) is 3. The van der Waals surface area contributed by atoms with Gasteiger partial charge in [0.25, 0.3) is 5.89 Å². The van der Waals surface area contributed by atoms with Crippen LogP contribution in [0.1, 0.15) is 0 Å². The highest BCUT2D eigenvalue weighted by Crippen LogP contribution is 2.30. The van der Waals surface area contributed by atoms with Crippen molar-refractivity contribution in [3.63, 3.8) is 0 Å². The van der Waals surface area contributed by atoms with E-state index in [1.807, 2.05) is 24.3 Å². The molecule has 3 heterocycles. The van der Waals surface area contributed by atoms with Crippen molar-refractivity contribution in [2.24, 2.45) is 0 Å². The third kappa shape index (κ3) is 1.85. The number of H-pyrrole nitrogens is 1. The van der Waals surface area contributed by atoms with Crippen molar-refractivity contribution in [1.82, 2.24) is 15.1 Å². The quantitative estimate of drug-likeness (QED) is 0.458. The van der Waals surface area contributed by atoms with Gasteiger partial charge in [-0.1, -0.05) is 23.4 Å². The normalized spacial score (nSPS) is 11.1. The Morgan fingerprint density at radius 1 is 1.18 bits per heavy atom. The summed E-state index contributed by atoms with van der Waals surface area (Å²) in [5, 5.41) is 15.4. The second-order valence-electron chi connectivity index (χ2n) is 4.57. The third-order valence-corrected chi connectivity index (χ3v) is 3.24. The number of nitrogens with one attached hydrogen (secondary N) is 1. The van der Waals surface area contributed by atoms with E-state index in [1.165, 1.54) is 12.1 Å². The van der Waals surface area contributed by atoms with Gasteiger partial charge < -0.3 is 13.9 Å². The molecule has 8 heteroatoms. The molecule has 8 nitrogen and oxygen atoms in total. The van der Waals surface area contributed by atoms with E-state index in [0.717, 1.165) is 16.5 Å². The van der Waals surface area contributed by atoms with Crippen molar-refractivity contribution in [1.29, 1.82) is 0 Å². The fourth-order valence-electron chi connectivity index (χ4n) is 2.23. The van der Waals surface area contributed by atoms with Crippen LogP contribution in [-0.2, 0) is 0 Å². The number of para-hydroxylation sites is 1. The summed E-state index contributed by atoms with van der Waals surface area (Å²) in [5.74, 6) is 0.287. The maximum Gasteiger partial charge on any atom is 0.433 e. The number of hydrogen-bond donors (Lipinski definition) is 1. The lowest BCUT2D eigenvalue weighted by molar-refractivity contribution is -0.401. The zero-order valence-corrected chi connectivity index (χ0v) is 11.0. The number of rotatable bonds is 3. The lowest BCUT2D eigenvalue weighted by Gasteiger charge is -1.90. The van der Waals surface area contributed by atoms with E-state index in [9.17, 15) is 10.1 Å². The van der Waals surface area contributed by atoms with E-state index < -0.39 is 4.92 Å². The van der Waals surface area contributed by atoms with Gasteiger partial charge in [-0.3, -0.25) is 10.1 Å². The first-order valence-electron chi connectivity index (χ1n) is 6.37. The molecule has 0 radical (unpaired) electrons. The average molecular weight is 296 g/mol. The van der Waals surface area contributed by atoms with Gasteiger partial charge in [-0.05, 0) is 12.1 Å². The second-order valence-corrected chi connectivity index (χ2v) is 4.57. The van der Waals surface area contributed by atoms with E-state index in [0.29, 0.717) is 5.89 Å². The highest BCUT2D eigenvalue weighted by Gasteiger charge is 2.19. The van der Waals surface area contributed by atoms with Gasteiger partial charge >= 0.3 is 5.88 Å². The Kier molecular flexibility index (Phi) is 2.55. The van der Waals surface area contributed by atoms with Crippen LogP contribution in [0.2, 0.25) is 0 Å². The molecule has 3 aromatic heterocycles. The fourth-order valence-corrected chi connectivity index (χ4v) is 2.23. The molecule has 0 amide bonds. The Bertz CT molecular complexity index is 981. The second kappa shape index (κ2) is 4.55. The summed E-state index contributed by atoms with van der Waals surface area (Å²) >= 11 is 0. The van der Waals surface area contributed by atoms with E-state index in [4.69, 9.17) is 8.94 Å². The third-order valence-electron chi connectivity index (χ3n) is 3.24. The van der Waals surface area contributed by atoms with Crippen LogP contribution in [0.15, 0.2) is 51.5 Å². The average Bonchev–Trinajstić information content (AvgIpc) is 3.25. The molecule has 0 saturated heterocycles. The van der Waals surface area contributed by atoms with E-state index in [2.05, 4.69) is 15.1 Å². The Morgan fingerprint density at radius 3 is 2.86 bits per heavy atom. The molecular formula is C14H8N4O4. The van der Waals surface area contributed by atoms with Gasteiger partial charge in [-0.15, -0.1) is 0 Å². The molecule has 4 rings (SSSR count). The molecule has 22 heavy (non-hydrogen) atoms. The molecule has 0 aliphatic heterocycles. The largest absolute Gasteiger partial charge is 0.433 e. The highest BCUT2D eigenvalue weighted by atomic mass is 16.6. The minimum Gasteiger partial charge on any atom is -0.397 e.